The van der Waals surface area contributed by atoms with E-state index in [1.54, 1.807) is 12.1 Å². The number of rotatable bonds is 4. The summed E-state index contributed by atoms with van der Waals surface area (Å²) < 4.78 is 13.5. The number of imide groups is 1. The normalized spacial score (nSPS) is 21.6. The molecule has 2 aliphatic rings. The van der Waals surface area contributed by atoms with Gasteiger partial charge >= 0.3 is 0 Å². The molecule has 1 aliphatic heterocycles. The third kappa shape index (κ3) is 4.41. The lowest BCUT2D eigenvalue weighted by Gasteiger charge is -2.19. The molecule has 3 amide bonds. The zero-order valence-electron chi connectivity index (χ0n) is 14.7. The molecule has 0 unspecified atom stereocenters. The highest BCUT2D eigenvalue weighted by Gasteiger charge is 2.47. The number of fused-ring (bicyclic) bond motifs is 1. The Morgan fingerprint density at radius 3 is 2.37 bits per heavy atom. The minimum atomic E-state index is -0.472. The Labute approximate surface area is 161 Å². The summed E-state index contributed by atoms with van der Waals surface area (Å²) in [5, 5.41) is 2.64. The Hall–Kier alpha value is -2.55. The molecule has 27 heavy (non-hydrogen) atoms. The molecule has 0 spiro atoms. The fraction of sp³-hybridized carbons (Fsp3) is 0.444. The molecule has 1 saturated heterocycles. The van der Waals surface area contributed by atoms with Gasteiger partial charge in [-0.25, -0.2) is 4.39 Å². The number of nitrogens with one attached hydrogen (secondary N) is 3. The van der Waals surface area contributed by atoms with E-state index in [1.165, 1.54) is 17.0 Å². The highest BCUT2D eigenvalue weighted by molar-refractivity contribution is 7.80. The number of nitrogens with zero attached hydrogens (tertiary/aromatic N) is 1. The van der Waals surface area contributed by atoms with E-state index in [2.05, 4.69) is 16.2 Å². The van der Waals surface area contributed by atoms with Crippen LogP contribution in [-0.4, -0.2) is 34.3 Å². The summed E-state index contributed by atoms with van der Waals surface area (Å²) in [6.07, 6.45) is 3.38. The molecular weight excluding hydrogens is 371 g/mol. The molecule has 9 heteroatoms. The van der Waals surface area contributed by atoms with Crippen LogP contribution in [0.15, 0.2) is 24.3 Å². The number of hydrazine groups is 1. The van der Waals surface area contributed by atoms with Crippen molar-refractivity contribution in [3.8, 4) is 0 Å². The second-order valence-corrected chi connectivity index (χ2v) is 7.09. The number of hydrogen-bond donors (Lipinski definition) is 3. The van der Waals surface area contributed by atoms with Gasteiger partial charge in [0.2, 0.25) is 17.7 Å². The van der Waals surface area contributed by atoms with E-state index in [4.69, 9.17) is 12.2 Å². The van der Waals surface area contributed by atoms with Gasteiger partial charge in [0.25, 0.3) is 0 Å². The number of benzene rings is 1. The van der Waals surface area contributed by atoms with Crippen LogP contribution in [0.25, 0.3) is 0 Å². The Morgan fingerprint density at radius 1 is 1.11 bits per heavy atom. The monoisotopic (exact) mass is 392 g/mol. The maximum Gasteiger partial charge on any atom is 0.240 e. The minimum absolute atomic E-state index is 0.0211. The van der Waals surface area contributed by atoms with Crippen LogP contribution >= 0.6 is 12.2 Å². The number of carbonyl (C=O) groups excluding carboxylic acids is 3. The number of para-hydroxylation sites is 1. The van der Waals surface area contributed by atoms with Gasteiger partial charge in [-0.05, 0) is 37.2 Å². The zero-order valence-corrected chi connectivity index (χ0v) is 15.5. The molecule has 0 bridgehead atoms. The number of likely N-dealkylation sites (tertiary alicyclic amines) is 1. The molecule has 0 radical (unpaired) electrons. The highest BCUT2D eigenvalue weighted by Crippen LogP contribution is 2.37. The summed E-state index contributed by atoms with van der Waals surface area (Å²) in [5.41, 5.74) is 5.03. The first-order chi connectivity index (χ1) is 13.0. The lowest BCUT2D eigenvalue weighted by Crippen LogP contribution is -2.45. The molecule has 1 aromatic rings. The smallest absolute Gasteiger partial charge is 0.240 e. The van der Waals surface area contributed by atoms with Crippen LogP contribution in [0.5, 0.6) is 0 Å². The third-order valence-corrected chi connectivity index (χ3v) is 5.14. The molecule has 1 saturated carbocycles. The molecule has 3 rings (SSSR count). The molecule has 1 aromatic carbocycles. The number of halogens is 1. The molecular formula is C18H21FN4O3S. The van der Waals surface area contributed by atoms with Gasteiger partial charge in [0.15, 0.2) is 5.11 Å². The fourth-order valence-corrected chi connectivity index (χ4v) is 3.73. The quantitative estimate of drug-likeness (QED) is 0.411. The van der Waals surface area contributed by atoms with Crippen molar-refractivity contribution >= 4 is 40.7 Å². The van der Waals surface area contributed by atoms with Crippen molar-refractivity contribution in [2.45, 2.75) is 32.1 Å². The average molecular weight is 392 g/mol. The van der Waals surface area contributed by atoms with Crippen molar-refractivity contribution in [3.05, 3.63) is 30.1 Å². The van der Waals surface area contributed by atoms with E-state index in [9.17, 15) is 18.8 Å². The summed E-state index contributed by atoms with van der Waals surface area (Å²) >= 11 is 4.99. The summed E-state index contributed by atoms with van der Waals surface area (Å²) in [5.74, 6) is -1.66. The van der Waals surface area contributed by atoms with E-state index >= 15 is 0 Å². The van der Waals surface area contributed by atoms with E-state index in [-0.39, 0.29) is 47.4 Å². The van der Waals surface area contributed by atoms with Gasteiger partial charge in [-0.2, -0.15) is 0 Å². The molecule has 1 aliphatic carbocycles. The Balaban J connectivity index is 1.43. The van der Waals surface area contributed by atoms with E-state index in [0.29, 0.717) is 0 Å². The highest BCUT2D eigenvalue weighted by atomic mass is 32.1. The molecule has 1 heterocycles. The predicted octanol–water partition coefficient (Wildman–Crippen LogP) is 1.71. The van der Waals surface area contributed by atoms with Crippen molar-refractivity contribution < 1.29 is 18.8 Å². The van der Waals surface area contributed by atoms with Crippen LogP contribution in [0.4, 0.5) is 10.1 Å². The topological polar surface area (TPSA) is 90.5 Å². The summed E-state index contributed by atoms with van der Waals surface area (Å²) in [6.45, 7) is 0.0473. The van der Waals surface area contributed by atoms with Gasteiger partial charge in [-0.1, -0.05) is 25.0 Å². The van der Waals surface area contributed by atoms with Crippen molar-refractivity contribution in [2.24, 2.45) is 11.8 Å². The van der Waals surface area contributed by atoms with Crippen molar-refractivity contribution in [2.75, 3.05) is 11.9 Å². The second-order valence-electron chi connectivity index (χ2n) is 6.68. The number of thiocarbonyl (C=S) groups is 1. The largest absolute Gasteiger partial charge is 0.329 e. The number of hydrogen-bond acceptors (Lipinski definition) is 4. The van der Waals surface area contributed by atoms with Crippen LogP contribution in [0.2, 0.25) is 0 Å². The first-order valence-corrected chi connectivity index (χ1v) is 9.34. The molecule has 0 aromatic heterocycles. The number of anilines is 1. The van der Waals surface area contributed by atoms with Crippen molar-refractivity contribution in [1.82, 2.24) is 15.8 Å². The maximum absolute atomic E-state index is 13.5. The van der Waals surface area contributed by atoms with E-state index in [1.807, 2.05) is 0 Å². The van der Waals surface area contributed by atoms with Crippen LogP contribution in [0.1, 0.15) is 32.1 Å². The van der Waals surface area contributed by atoms with Gasteiger partial charge in [-0.3, -0.25) is 30.1 Å². The Bertz CT molecular complexity index is 749. The summed E-state index contributed by atoms with van der Waals surface area (Å²) in [4.78, 5) is 37.9. The van der Waals surface area contributed by atoms with Gasteiger partial charge in [-0.15, -0.1) is 0 Å². The molecule has 7 nitrogen and oxygen atoms in total. The van der Waals surface area contributed by atoms with Gasteiger partial charge in [0, 0.05) is 13.0 Å². The lowest BCUT2D eigenvalue weighted by molar-refractivity contribution is -0.140. The Kier molecular flexibility index (Phi) is 6.00. The first kappa shape index (κ1) is 19.2. The van der Waals surface area contributed by atoms with E-state index in [0.717, 1.165) is 25.7 Å². The van der Waals surface area contributed by atoms with Crippen molar-refractivity contribution in [3.63, 3.8) is 0 Å². The Morgan fingerprint density at radius 2 is 1.74 bits per heavy atom. The van der Waals surface area contributed by atoms with Crippen LogP contribution in [0, 0.1) is 17.7 Å². The SMILES string of the molecule is O=C(CCN1C(=O)[C@H]2CCCC[C@H]2C1=O)NNC(=S)Nc1ccccc1F. The van der Waals surface area contributed by atoms with Crippen molar-refractivity contribution in [1.29, 1.82) is 0 Å². The third-order valence-electron chi connectivity index (χ3n) is 4.93. The predicted molar refractivity (Wildman–Crippen MR) is 101 cm³/mol. The lowest BCUT2D eigenvalue weighted by atomic mass is 9.81. The van der Waals surface area contributed by atoms with E-state index < -0.39 is 11.7 Å². The van der Waals surface area contributed by atoms with Crippen LogP contribution < -0.4 is 16.2 Å². The molecule has 2 atom stereocenters. The maximum atomic E-state index is 13.5. The molecule has 2 fully saturated rings. The first-order valence-electron chi connectivity index (χ1n) is 8.93. The number of carbonyl (C=O) groups is 3. The fourth-order valence-electron chi connectivity index (χ4n) is 3.57. The summed E-state index contributed by atoms with van der Waals surface area (Å²) in [7, 11) is 0. The zero-order chi connectivity index (χ0) is 19.4. The standard InChI is InChI=1S/C18H21FN4O3S/c19-13-7-3-4-8-14(13)20-18(27)22-21-15(24)9-10-23-16(25)11-5-1-2-6-12(11)17(23)26/h3-4,7-8,11-12H,1-2,5-6,9-10H2,(H,21,24)(H2,20,22,27)/t11-,12+. The minimum Gasteiger partial charge on any atom is -0.329 e. The molecule has 144 valence electrons. The van der Waals surface area contributed by atoms with Crippen LogP contribution in [-0.2, 0) is 14.4 Å². The van der Waals surface area contributed by atoms with Gasteiger partial charge < -0.3 is 5.32 Å². The van der Waals surface area contributed by atoms with Gasteiger partial charge in [0.1, 0.15) is 5.82 Å². The van der Waals surface area contributed by atoms with Crippen LogP contribution in [0.3, 0.4) is 0 Å². The van der Waals surface area contributed by atoms with Gasteiger partial charge in [0.05, 0.1) is 17.5 Å². The molecule has 3 N–H and O–H groups in total. The summed E-state index contributed by atoms with van der Waals surface area (Å²) in [6, 6.07) is 5.99. The second kappa shape index (κ2) is 8.43. The number of amides is 3. The average Bonchev–Trinajstić information content (AvgIpc) is 2.91.